The Labute approximate surface area is 124 Å². The number of benzene rings is 1. The number of nitro groups is 1. The van der Waals surface area contributed by atoms with E-state index in [1.807, 2.05) is 4.72 Å². The molecule has 3 N–H and O–H groups in total. The van der Waals surface area contributed by atoms with Gasteiger partial charge in [-0.1, -0.05) is 0 Å². The summed E-state index contributed by atoms with van der Waals surface area (Å²) in [7, 11) is -4.10. The van der Waals surface area contributed by atoms with E-state index in [1.165, 1.54) is 0 Å². The molecule has 0 aliphatic carbocycles. The number of aliphatic carboxylic acids is 2. The van der Waals surface area contributed by atoms with Crippen LogP contribution in [0, 0.1) is 16.0 Å². The summed E-state index contributed by atoms with van der Waals surface area (Å²) in [5, 5.41) is 27.8. The average molecular weight is 332 g/mol. The highest BCUT2D eigenvalue weighted by atomic mass is 32.2. The van der Waals surface area contributed by atoms with Crippen molar-refractivity contribution < 1.29 is 33.1 Å². The molecular weight excluding hydrogens is 320 g/mol. The molecule has 1 aromatic rings. The number of carboxylic acid groups (broad SMARTS) is 2. The van der Waals surface area contributed by atoms with Gasteiger partial charge in [0.1, 0.15) is 0 Å². The number of nitrogens with one attached hydrogen (secondary N) is 1. The number of hydrogen-bond acceptors (Lipinski definition) is 6. The van der Waals surface area contributed by atoms with Gasteiger partial charge in [0.15, 0.2) is 0 Å². The van der Waals surface area contributed by atoms with Crippen molar-refractivity contribution in [2.45, 2.75) is 11.3 Å². The van der Waals surface area contributed by atoms with E-state index < -0.39 is 45.8 Å². The van der Waals surface area contributed by atoms with Crippen molar-refractivity contribution in [1.29, 1.82) is 0 Å². The third-order valence-electron chi connectivity index (χ3n) is 2.65. The van der Waals surface area contributed by atoms with Gasteiger partial charge >= 0.3 is 11.9 Å². The van der Waals surface area contributed by atoms with Gasteiger partial charge in [0.05, 0.1) is 22.2 Å². The maximum absolute atomic E-state index is 11.9. The average Bonchev–Trinajstić information content (AvgIpc) is 2.43. The number of carboxylic acids is 2. The highest BCUT2D eigenvalue weighted by Crippen LogP contribution is 2.16. The zero-order valence-corrected chi connectivity index (χ0v) is 11.8. The second-order valence-electron chi connectivity index (χ2n) is 4.24. The molecule has 0 bridgehead atoms. The van der Waals surface area contributed by atoms with Crippen molar-refractivity contribution in [3.8, 4) is 0 Å². The molecule has 1 rings (SSSR count). The number of rotatable bonds is 8. The lowest BCUT2D eigenvalue weighted by Gasteiger charge is -2.11. The Morgan fingerprint density at radius 3 is 2.18 bits per heavy atom. The van der Waals surface area contributed by atoms with Crippen molar-refractivity contribution in [3.63, 3.8) is 0 Å². The van der Waals surface area contributed by atoms with Gasteiger partial charge in [0, 0.05) is 18.7 Å². The van der Waals surface area contributed by atoms with Gasteiger partial charge in [-0.25, -0.2) is 13.1 Å². The number of nitrogens with zero attached hydrogens (tertiary/aromatic N) is 1. The molecule has 0 saturated heterocycles. The SMILES string of the molecule is O=C(O)CC(CNS(=O)(=O)c1ccc([N+](=O)[O-])cc1)C(=O)O. The highest BCUT2D eigenvalue weighted by Gasteiger charge is 2.24. The van der Waals surface area contributed by atoms with E-state index in [9.17, 15) is 28.1 Å². The zero-order valence-electron chi connectivity index (χ0n) is 11.0. The molecule has 10 nitrogen and oxygen atoms in total. The first-order valence-electron chi connectivity index (χ1n) is 5.82. The summed E-state index contributed by atoms with van der Waals surface area (Å²) in [6, 6.07) is 3.96. The minimum Gasteiger partial charge on any atom is -0.481 e. The Morgan fingerprint density at radius 2 is 1.77 bits per heavy atom. The lowest BCUT2D eigenvalue weighted by atomic mass is 10.1. The lowest BCUT2D eigenvalue weighted by molar-refractivity contribution is -0.384. The fourth-order valence-corrected chi connectivity index (χ4v) is 2.58. The van der Waals surface area contributed by atoms with Gasteiger partial charge in [-0.05, 0) is 12.1 Å². The van der Waals surface area contributed by atoms with Crippen LogP contribution in [0.4, 0.5) is 5.69 Å². The van der Waals surface area contributed by atoms with Crippen LogP contribution < -0.4 is 4.72 Å². The molecular formula is C11H12N2O8S. The van der Waals surface area contributed by atoms with Crippen LogP contribution in [0.15, 0.2) is 29.2 Å². The van der Waals surface area contributed by atoms with Crippen LogP contribution in [0.5, 0.6) is 0 Å². The van der Waals surface area contributed by atoms with Crippen LogP contribution in [-0.2, 0) is 19.6 Å². The Balaban J connectivity index is 2.84. The number of hydrogen-bond donors (Lipinski definition) is 3. The van der Waals surface area contributed by atoms with E-state index in [2.05, 4.69) is 0 Å². The largest absolute Gasteiger partial charge is 0.481 e. The third-order valence-corrected chi connectivity index (χ3v) is 4.09. The smallest absolute Gasteiger partial charge is 0.308 e. The summed E-state index contributed by atoms with van der Waals surface area (Å²) in [5.41, 5.74) is -0.298. The molecule has 0 amide bonds. The van der Waals surface area contributed by atoms with Gasteiger partial charge < -0.3 is 10.2 Å². The summed E-state index contributed by atoms with van der Waals surface area (Å²) in [6.07, 6.45) is -0.738. The standard InChI is InChI=1S/C11H12N2O8S/c14-10(15)5-7(11(16)17)6-12-22(20,21)9-3-1-8(2-4-9)13(18)19/h1-4,7,12H,5-6H2,(H,14,15)(H,16,17). The van der Waals surface area contributed by atoms with Gasteiger partial charge in [0.25, 0.3) is 5.69 Å². The van der Waals surface area contributed by atoms with Crippen LogP contribution >= 0.6 is 0 Å². The molecule has 1 unspecified atom stereocenters. The molecule has 0 radical (unpaired) electrons. The summed E-state index contributed by atoms with van der Waals surface area (Å²) in [4.78, 5) is 30.8. The fraction of sp³-hybridized carbons (Fsp3) is 0.273. The highest BCUT2D eigenvalue weighted by molar-refractivity contribution is 7.89. The number of sulfonamides is 1. The molecule has 0 aliphatic rings. The molecule has 0 saturated carbocycles. The Hall–Kier alpha value is -2.53. The first-order chi connectivity index (χ1) is 10.1. The van der Waals surface area contributed by atoms with E-state index in [0.29, 0.717) is 0 Å². The summed E-state index contributed by atoms with van der Waals surface area (Å²) < 4.78 is 25.8. The molecule has 0 heterocycles. The summed E-state index contributed by atoms with van der Waals surface area (Å²) >= 11 is 0. The molecule has 0 aromatic heterocycles. The second kappa shape index (κ2) is 6.95. The van der Waals surface area contributed by atoms with E-state index >= 15 is 0 Å². The topological polar surface area (TPSA) is 164 Å². The van der Waals surface area contributed by atoms with Crippen LogP contribution in [0.1, 0.15) is 6.42 Å². The van der Waals surface area contributed by atoms with E-state index in [4.69, 9.17) is 10.2 Å². The zero-order chi connectivity index (χ0) is 16.9. The van der Waals surface area contributed by atoms with Crippen molar-refractivity contribution >= 4 is 27.6 Å². The molecule has 0 spiro atoms. The molecule has 0 aliphatic heterocycles. The lowest BCUT2D eigenvalue weighted by Crippen LogP contribution is -2.34. The third kappa shape index (κ3) is 4.79. The Bertz CT molecular complexity index is 683. The monoisotopic (exact) mass is 332 g/mol. The number of carbonyl (C=O) groups is 2. The number of non-ortho nitro benzene ring substituents is 1. The molecule has 120 valence electrons. The van der Waals surface area contributed by atoms with Crippen molar-refractivity contribution in [1.82, 2.24) is 4.72 Å². The van der Waals surface area contributed by atoms with Crippen molar-refractivity contribution in [3.05, 3.63) is 34.4 Å². The van der Waals surface area contributed by atoms with Gasteiger partial charge in [-0.15, -0.1) is 0 Å². The van der Waals surface area contributed by atoms with Crippen LogP contribution in [0.25, 0.3) is 0 Å². The van der Waals surface area contributed by atoms with Crippen molar-refractivity contribution in [2.24, 2.45) is 5.92 Å². The first-order valence-corrected chi connectivity index (χ1v) is 7.30. The Morgan fingerprint density at radius 1 is 1.23 bits per heavy atom. The quantitative estimate of drug-likeness (QED) is 0.444. The van der Waals surface area contributed by atoms with Gasteiger partial charge in [0.2, 0.25) is 10.0 Å². The first kappa shape index (κ1) is 17.5. The molecule has 1 aromatic carbocycles. The molecule has 0 fully saturated rings. The van der Waals surface area contributed by atoms with E-state index in [1.54, 1.807) is 0 Å². The summed E-state index contributed by atoms with van der Waals surface area (Å²) in [6.45, 7) is -0.610. The van der Waals surface area contributed by atoms with Crippen molar-refractivity contribution in [2.75, 3.05) is 6.54 Å². The predicted molar refractivity (Wildman–Crippen MR) is 71.7 cm³/mol. The Kier molecular flexibility index (Phi) is 5.54. The second-order valence-corrected chi connectivity index (χ2v) is 6.00. The maximum Gasteiger partial charge on any atom is 0.308 e. The maximum atomic E-state index is 11.9. The van der Waals surface area contributed by atoms with Crippen LogP contribution in [-0.4, -0.2) is 42.0 Å². The minimum absolute atomic E-state index is 0.294. The van der Waals surface area contributed by atoms with E-state index in [-0.39, 0.29) is 10.6 Å². The predicted octanol–water partition coefficient (Wildman–Crippen LogP) is 0.0486. The van der Waals surface area contributed by atoms with Crippen LogP contribution in [0.2, 0.25) is 0 Å². The van der Waals surface area contributed by atoms with Gasteiger partial charge in [-0.2, -0.15) is 0 Å². The number of nitro benzene ring substituents is 1. The molecule has 22 heavy (non-hydrogen) atoms. The summed E-state index contributed by atoms with van der Waals surface area (Å²) in [5.74, 6) is -4.25. The van der Waals surface area contributed by atoms with E-state index in [0.717, 1.165) is 24.3 Å². The normalized spacial score (nSPS) is 12.5. The fourth-order valence-electron chi connectivity index (χ4n) is 1.50. The van der Waals surface area contributed by atoms with Crippen LogP contribution in [0.3, 0.4) is 0 Å². The minimum atomic E-state index is -4.10. The molecule has 1 atom stereocenters. The molecule has 11 heteroatoms. The van der Waals surface area contributed by atoms with Gasteiger partial charge in [-0.3, -0.25) is 19.7 Å².